The fourth-order valence-corrected chi connectivity index (χ4v) is 1.80. The van der Waals surface area contributed by atoms with Crippen molar-refractivity contribution in [1.82, 2.24) is 5.32 Å². The molecule has 1 atom stereocenters. The van der Waals surface area contributed by atoms with Gasteiger partial charge < -0.3 is 10.1 Å². The number of unbranched alkanes of at least 4 members (excludes halogenated alkanes) is 1. The van der Waals surface area contributed by atoms with Crippen molar-refractivity contribution in [2.75, 3.05) is 19.8 Å². The van der Waals surface area contributed by atoms with Gasteiger partial charge in [0.05, 0.1) is 0 Å². The number of hydrogen-bond acceptors (Lipinski definition) is 2. The summed E-state index contributed by atoms with van der Waals surface area (Å²) in [5.74, 6) is -1.04. The van der Waals surface area contributed by atoms with E-state index in [1.807, 2.05) is 6.92 Å². The normalized spacial score (nSPS) is 12.6. The molecule has 0 aliphatic rings. The highest BCUT2D eigenvalue weighted by molar-refractivity contribution is 5.21. The van der Waals surface area contributed by atoms with Gasteiger partial charge in [-0.25, -0.2) is 8.78 Å². The molecule has 0 spiro atoms. The van der Waals surface area contributed by atoms with Crippen LogP contribution in [-0.2, 0) is 4.74 Å². The summed E-state index contributed by atoms with van der Waals surface area (Å²) in [4.78, 5) is 0. The van der Waals surface area contributed by atoms with E-state index in [0.717, 1.165) is 38.5 Å². The van der Waals surface area contributed by atoms with Crippen molar-refractivity contribution in [2.24, 2.45) is 0 Å². The van der Waals surface area contributed by atoms with Crippen molar-refractivity contribution < 1.29 is 13.5 Å². The summed E-state index contributed by atoms with van der Waals surface area (Å²) < 4.78 is 31.7. The summed E-state index contributed by atoms with van der Waals surface area (Å²) in [7, 11) is 0. The lowest BCUT2D eigenvalue weighted by Crippen LogP contribution is -2.22. The molecule has 0 aliphatic heterocycles. The maximum absolute atomic E-state index is 13.5. The first-order chi connectivity index (χ1) is 9.15. The Kier molecular flexibility index (Phi) is 7.60. The zero-order valence-electron chi connectivity index (χ0n) is 11.7. The van der Waals surface area contributed by atoms with Gasteiger partial charge in [-0.05, 0) is 32.4 Å². The molecule has 0 aliphatic carbocycles. The molecule has 0 saturated carbocycles. The maximum atomic E-state index is 13.5. The van der Waals surface area contributed by atoms with E-state index in [1.165, 1.54) is 12.1 Å². The lowest BCUT2D eigenvalue weighted by atomic mass is 10.1. The van der Waals surface area contributed by atoms with Crippen LogP contribution >= 0.6 is 0 Å². The molecular weight excluding hydrogens is 248 g/mol. The molecule has 1 aromatic rings. The Bertz CT molecular complexity index is 371. The van der Waals surface area contributed by atoms with E-state index in [-0.39, 0.29) is 6.04 Å². The van der Waals surface area contributed by atoms with Crippen molar-refractivity contribution in [3.63, 3.8) is 0 Å². The number of rotatable bonds is 9. The minimum Gasteiger partial charge on any atom is -0.381 e. The molecular formula is C15H23F2NO. The van der Waals surface area contributed by atoms with E-state index >= 15 is 0 Å². The van der Waals surface area contributed by atoms with Crippen LogP contribution < -0.4 is 5.32 Å². The van der Waals surface area contributed by atoms with Gasteiger partial charge in [0.25, 0.3) is 0 Å². The third-order valence-electron chi connectivity index (χ3n) is 2.99. The number of hydrogen-bond donors (Lipinski definition) is 1. The molecule has 0 bridgehead atoms. The molecule has 1 N–H and O–H groups in total. The van der Waals surface area contributed by atoms with Gasteiger partial charge in [-0.1, -0.05) is 19.4 Å². The predicted molar refractivity (Wildman–Crippen MR) is 73.1 cm³/mol. The summed E-state index contributed by atoms with van der Waals surface area (Å²) in [5, 5.41) is 3.21. The van der Waals surface area contributed by atoms with Crippen molar-refractivity contribution in [1.29, 1.82) is 0 Å². The van der Waals surface area contributed by atoms with Crippen LogP contribution in [0, 0.1) is 11.6 Å². The van der Waals surface area contributed by atoms with Gasteiger partial charge in [0.15, 0.2) is 0 Å². The van der Waals surface area contributed by atoms with Crippen LogP contribution in [0.25, 0.3) is 0 Å². The monoisotopic (exact) mass is 271 g/mol. The Hall–Kier alpha value is -1.00. The fraction of sp³-hybridized carbons (Fsp3) is 0.600. The second-order valence-corrected chi connectivity index (χ2v) is 4.66. The van der Waals surface area contributed by atoms with Crippen LogP contribution in [-0.4, -0.2) is 19.8 Å². The van der Waals surface area contributed by atoms with Crippen LogP contribution in [0.5, 0.6) is 0 Å². The molecule has 0 amide bonds. The van der Waals surface area contributed by atoms with Crippen molar-refractivity contribution in [3.8, 4) is 0 Å². The van der Waals surface area contributed by atoms with Crippen LogP contribution in [0.4, 0.5) is 8.78 Å². The van der Waals surface area contributed by atoms with Crippen LogP contribution in [0.3, 0.4) is 0 Å². The lowest BCUT2D eigenvalue weighted by molar-refractivity contribution is 0.128. The summed E-state index contributed by atoms with van der Waals surface area (Å²) in [6, 6.07) is 3.56. The first-order valence-corrected chi connectivity index (χ1v) is 6.91. The maximum Gasteiger partial charge on any atom is 0.130 e. The highest BCUT2D eigenvalue weighted by Crippen LogP contribution is 2.17. The Morgan fingerprint density at radius 3 is 2.63 bits per heavy atom. The molecule has 0 fully saturated rings. The summed E-state index contributed by atoms with van der Waals surface area (Å²) in [6.07, 6.45) is 3.11. The largest absolute Gasteiger partial charge is 0.381 e. The fourth-order valence-electron chi connectivity index (χ4n) is 1.80. The quantitative estimate of drug-likeness (QED) is 0.689. The average molecular weight is 271 g/mol. The Morgan fingerprint density at radius 2 is 1.95 bits per heavy atom. The lowest BCUT2D eigenvalue weighted by Gasteiger charge is -2.15. The Labute approximate surface area is 114 Å². The smallest absolute Gasteiger partial charge is 0.130 e. The first kappa shape index (κ1) is 16.1. The van der Waals surface area contributed by atoms with Crippen LogP contribution in [0.1, 0.15) is 44.7 Å². The third kappa shape index (κ3) is 6.12. The molecule has 0 aromatic heterocycles. The molecule has 0 saturated heterocycles. The van der Waals surface area contributed by atoms with Gasteiger partial charge in [-0.2, -0.15) is 0 Å². The second-order valence-electron chi connectivity index (χ2n) is 4.66. The third-order valence-corrected chi connectivity index (χ3v) is 2.99. The number of benzene rings is 1. The number of nitrogens with one attached hydrogen (secondary N) is 1. The SMILES string of the molecule is CCCCOCCCNC(C)c1ccc(F)cc1F. The van der Waals surface area contributed by atoms with E-state index in [4.69, 9.17) is 4.74 Å². The average Bonchev–Trinajstić information content (AvgIpc) is 2.37. The van der Waals surface area contributed by atoms with Gasteiger partial charge in [0.2, 0.25) is 0 Å². The van der Waals surface area contributed by atoms with Crippen LogP contribution in [0.15, 0.2) is 18.2 Å². The summed E-state index contributed by atoms with van der Waals surface area (Å²) in [5.41, 5.74) is 0.494. The van der Waals surface area contributed by atoms with Gasteiger partial charge in [0, 0.05) is 30.9 Å². The van der Waals surface area contributed by atoms with E-state index < -0.39 is 11.6 Å². The Balaban J connectivity index is 2.22. The molecule has 0 heterocycles. The topological polar surface area (TPSA) is 21.3 Å². The van der Waals surface area contributed by atoms with E-state index in [0.29, 0.717) is 12.2 Å². The summed E-state index contributed by atoms with van der Waals surface area (Å²) >= 11 is 0. The first-order valence-electron chi connectivity index (χ1n) is 6.91. The predicted octanol–water partition coefficient (Wildman–Crippen LogP) is 3.82. The van der Waals surface area contributed by atoms with E-state index in [2.05, 4.69) is 12.2 Å². The second kappa shape index (κ2) is 8.99. The molecule has 108 valence electrons. The zero-order chi connectivity index (χ0) is 14.1. The Morgan fingerprint density at radius 1 is 1.21 bits per heavy atom. The molecule has 1 unspecified atom stereocenters. The highest BCUT2D eigenvalue weighted by atomic mass is 19.1. The number of ether oxygens (including phenoxy) is 1. The molecule has 1 rings (SSSR count). The van der Waals surface area contributed by atoms with Crippen molar-refractivity contribution >= 4 is 0 Å². The van der Waals surface area contributed by atoms with Crippen LogP contribution in [0.2, 0.25) is 0 Å². The molecule has 1 aromatic carbocycles. The standard InChI is InChI=1S/C15H23F2NO/c1-3-4-9-19-10-5-8-18-12(2)14-7-6-13(16)11-15(14)17/h6-7,11-12,18H,3-5,8-10H2,1-2H3. The van der Waals surface area contributed by atoms with Crippen molar-refractivity contribution in [3.05, 3.63) is 35.4 Å². The minimum absolute atomic E-state index is 0.128. The van der Waals surface area contributed by atoms with Gasteiger partial charge >= 0.3 is 0 Å². The molecule has 0 radical (unpaired) electrons. The van der Waals surface area contributed by atoms with Gasteiger partial charge in [0.1, 0.15) is 11.6 Å². The van der Waals surface area contributed by atoms with Gasteiger partial charge in [-0.3, -0.25) is 0 Å². The molecule has 2 nitrogen and oxygen atoms in total. The number of halogens is 2. The van der Waals surface area contributed by atoms with Gasteiger partial charge in [-0.15, -0.1) is 0 Å². The minimum atomic E-state index is -0.544. The molecule has 4 heteroatoms. The molecule has 19 heavy (non-hydrogen) atoms. The zero-order valence-corrected chi connectivity index (χ0v) is 11.7. The van der Waals surface area contributed by atoms with Crippen molar-refractivity contribution in [2.45, 2.75) is 39.2 Å². The summed E-state index contributed by atoms with van der Waals surface area (Å²) in [6.45, 7) is 6.27. The van der Waals surface area contributed by atoms with E-state index in [9.17, 15) is 8.78 Å². The highest BCUT2D eigenvalue weighted by Gasteiger charge is 2.10. The van der Waals surface area contributed by atoms with E-state index in [1.54, 1.807) is 0 Å².